The summed E-state index contributed by atoms with van der Waals surface area (Å²) in [6.45, 7) is 2.10. The number of hydrogen-bond donors (Lipinski definition) is 1. The minimum absolute atomic E-state index is 0.301. The number of carboxylic acid groups (broad SMARTS) is 1. The van der Waals surface area contributed by atoms with E-state index in [0.29, 0.717) is 0 Å². The summed E-state index contributed by atoms with van der Waals surface area (Å²) in [6, 6.07) is 6.44. The number of benzene rings is 1. The van der Waals surface area contributed by atoms with Crippen LogP contribution in [-0.2, 0) is 17.6 Å². The first-order valence-corrected chi connectivity index (χ1v) is 7.60. The van der Waals surface area contributed by atoms with E-state index in [1.54, 1.807) is 0 Å². The molecule has 3 heteroatoms. The Bertz CT molecular complexity index is 429. The third-order valence-electron chi connectivity index (χ3n) is 3.44. The van der Waals surface area contributed by atoms with Crippen molar-refractivity contribution < 1.29 is 9.90 Å². The van der Waals surface area contributed by atoms with Gasteiger partial charge in [0.05, 0.1) is 0 Å². The molecule has 0 spiro atoms. The smallest absolute Gasteiger partial charge is 0.316 e. The lowest BCUT2D eigenvalue weighted by atomic mass is 10.1. The number of thioether (sulfide) groups is 1. The minimum atomic E-state index is -0.686. The van der Waals surface area contributed by atoms with E-state index in [1.807, 2.05) is 0 Å². The topological polar surface area (TPSA) is 37.3 Å². The maximum Gasteiger partial charge on any atom is 0.316 e. The third kappa shape index (κ3) is 3.29. The Labute approximate surface area is 113 Å². The van der Waals surface area contributed by atoms with Crippen LogP contribution in [-0.4, -0.2) is 16.3 Å². The first-order chi connectivity index (χ1) is 8.70. The maximum absolute atomic E-state index is 11.2. The first-order valence-electron chi connectivity index (χ1n) is 6.72. The number of rotatable bonds is 6. The molecule has 2 nitrogen and oxygen atoms in total. The van der Waals surface area contributed by atoms with E-state index in [2.05, 4.69) is 25.1 Å². The molecule has 18 heavy (non-hydrogen) atoms. The molecule has 1 N–H and O–H groups in total. The summed E-state index contributed by atoms with van der Waals surface area (Å²) in [5.41, 5.74) is 2.86. The molecule has 98 valence electrons. The van der Waals surface area contributed by atoms with Crippen molar-refractivity contribution in [2.75, 3.05) is 0 Å². The average Bonchev–Trinajstić information content (AvgIpc) is 2.81. The van der Waals surface area contributed by atoms with Gasteiger partial charge in [-0.05, 0) is 48.9 Å². The molecule has 1 unspecified atom stereocenters. The van der Waals surface area contributed by atoms with Crippen molar-refractivity contribution >= 4 is 17.7 Å². The molecule has 0 radical (unpaired) electrons. The summed E-state index contributed by atoms with van der Waals surface area (Å²) in [5.74, 6) is -0.686. The van der Waals surface area contributed by atoms with Crippen molar-refractivity contribution in [1.82, 2.24) is 0 Å². The van der Waals surface area contributed by atoms with Crippen molar-refractivity contribution in [2.45, 2.75) is 55.6 Å². The molecule has 1 aliphatic carbocycles. The molecule has 2 rings (SSSR count). The Morgan fingerprint density at radius 2 is 2.17 bits per heavy atom. The van der Waals surface area contributed by atoms with Gasteiger partial charge in [0.25, 0.3) is 0 Å². The molecule has 0 saturated carbocycles. The summed E-state index contributed by atoms with van der Waals surface area (Å²) in [5, 5.41) is 8.93. The number of aliphatic carboxylic acids is 1. The van der Waals surface area contributed by atoms with Crippen LogP contribution >= 0.6 is 11.8 Å². The van der Waals surface area contributed by atoms with E-state index in [9.17, 15) is 9.90 Å². The highest BCUT2D eigenvalue weighted by Gasteiger charge is 2.19. The minimum Gasteiger partial charge on any atom is -0.480 e. The Morgan fingerprint density at radius 3 is 2.89 bits per heavy atom. The van der Waals surface area contributed by atoms with Gasteiger partial charge in [0, 0.05) is 4.90 Å². The van der Waals surface area contributed by atoms with Crippen molar-refractivity contribution in [2.24, 2.45) is 0 Å². The number of unbranched alkanes of at least 4 members (excludes halogenated alkanes) is 1. The largest absolute Gasteiger partial charge is 0.480 e. The summed E-state index contributed by atoms with van der Waals surface area (Å²) < 4.78 is 0. The van der Waals surface area contributed by atoms with Gasteiger partial charge in [-0.3, -0.25) is 4.79 Å². The second-order valence-corrected chi connectivity index (χ2v) is 6.15. The zero-order chi connectivity index (χ0) is 13.0. The monoisotopic (exact) mass is 264 g/mol. The number of aryl methyl sites for hydroxylation is 2. The lowest BCUT2D eigenvalue weighted by Crippen LogP contribution is -2.15. The van der Waals surface area contributed by atoms with Crippen LogP contribution in [0.2, 0.25) is 0 Å². The van der Waals surface area contributed by atoms with Crippen LogP contribution in [0.25, 0.3) is 0 Å². The zero-order valence-electron chi connectivity index (χ0n) is 10.8. The van der Waals surface area contributed by atoms with Gasteiger partial charge in [-0.15, -0.1) is 11.8 Å². The predicted molar refractivity (Wildman–Crippen MR) is 75.3 cm³/mol. The highest BCUT2D eigenvalue weighted by Crippen LogP contribution is 2.31. The normalized spacial score (nSPS) is 15.4. The summed E-state index contributed by atoms with van der Waals surface area (Å²) in [7, 11) is 0. The van der Waals surface area contributed by atoms with Crippen LogP contribution < -0.4 is 0 Å². The first kappa shape index (κ1) is 13.5. The van der Waals surface area contributed by atoms with Crippen LogP contribution in [0.15, 0.2) is 23.1 Å². The number of carboxylic acids is 1. The van der Waals surface area contributed by atoms with Crippen molar-refractivity contribution in [1.29, 1.82) is 0 Å². The molecule has 1 aliphatic rings. The van der Waals surface area contributed by atoms with Gasteiger partial charge >= 0.3 is 5.97 Å². The quantitative estimate of drug-likeness (QED) is 0.791. The molecule has 0 aliphatic heterocycles. The molecule has 0 fully saturated rings. The van der Waals surface area contributed by atoms with Crippen LogP contribution in [0, 0.1) is 0 Å². The molecule has 0 bridgehead atoms. The molecule has 0 amide bonds. The SMILES string of the molecule is CCCCC(Sc1ccc2c(c1)CCC2)C(=O)O. The zero-order valence-corrected chi connectivity index (χ0v) is 11.6. The Balaban J connectivity index is 2.04. The standard InChI is InChI=1S/C15H20O2S/c1-2-3-7-14(15(16)17)18-13-9-8-11-5-4-6-12(11)10-13/h8-10,14H,2-7H2,1H3,(H,16,17). The molecule has 1 atom stereocenters. The maximum atomic E-state index is 11.2. The van der Waals surface area contributed by atoms with Gasteiger partial charge in [-0.25, -0.2) is 0 Å². The fourth-order valence-electron chi connectivity index (χ4n) is 2.41. The van der Waals surface area contributed by atoms with E-state index in [1.165, 1.54) is 35.7 Å². The van der Waals surface area contributed by atoms with E-state index in [0.717, 1.165) is 30.6 Å². The molecule has 1 aromatic carbocycles. The molecule has 0 heterocycles. The molecule has 0 saturated heterocycles. The Morgan fingerprint density at radius 1 is 1.39 bits per heavy atom. The van der Waals surface area contributed by atoms with Crippen LogP contribution in [0.5, 0.6) is 0 Å². The fourth-order valence-corrected chi connectivity index (χ4v) is 3.48. The summed E-state index contributed by atoms with van der Waals surface area (Å²) >= 11 is 1.50. The fraction of sp³-hybridized carbons (Fsp3) is 0.533. The van der Waals surface area contributed by atoms with Crippen molar-refractivity contribution in [3.8, 4) is 0 Å². The lowest BCUT2D eigenvalue weighted by molar-refractivity contribution is -0.136. The average molecular weight is 264 g/mol. The second-order valence-electron chi connectivity index (χ2n) is 4.87. The van der Waals surface area contributed by atoms with Crippen LogP contribution in [0.3, 0.4) is 0 Å². The Hall–Kier alpha value is -0.960. The van der Waals surface area contributed by atoms with Gasteiger partial charge in [-0.1, -0.05) is 25.8 Å². The summed E-state index contributed by atoms with van der Waals surface area (Å²) in [4.78, 5) is 12.3. The van der Waals surface area contributed by atoms with E-state index in [-0.39, 0.29) is 5.25 Å². The van der Waals surface area contributed by atoms with Crippen molar-refractivity contribution in [3.63, 3.8) is 0 Å². The highest BCUT2D eigenvalue weighted by molar-refractivity contribution is 8.00. The molecular weight excluding hydrogens is 244 g/mol. The highest BCUT2D eigenvalue weighted by atomic mass is 32.2. The molecule has 1 aromatic rings. The predicted octanol–water partition coefficient (Wildman–Crippen LogP) is 3.91. The van der Waals surface area contributed by atoms with Crippen molar-refractivity contribution in [3.05, 3.63) is 29.3 Å². The van der Waals surface area contributed by atoms with E-state index < -0.39 is 5.97 Å². The second kappa shape index (κ2) is 6.28. The van der Waals surface area contributed by atoms with Crippen LogP contribution in [0.4, 0.5) is 0 Å². The van der Waals surface area contributed by atoms with Crippen LogP contribution in [0.1, 0.15) is 43.7 Å². The lowest BCUT2D eigenvalue weighted by Gasteiger charge is -2.12. The van der Waals surface area contributed by atoms with E-state index in [4.69, 9.17) is 0 Å². The number of hydrogen-bond acceptors (Lipinski definition) is 2. The summed E-state index contributed by atoms with van der Waals surface area (Å²) in [6.07, 6.45) is 6.35. The van der Waals surface area contributed by atoms with Gasteiger partial charge in [0.1, 0.15) is 5.25 Å². The molecular formula is C15H20O2S. The third-order valence-corrected chi connectivity index (χ3v) is 4.69. The van der Waals surface area contributed by atoms with E-state index >= 15 is 0 Å². The van der Waals surface area contributed by atoms with Gasteiger partial charge in [0.15, 0.2) is 0 Å². The number of fused-ring (bicyclic) bond motifs is 1. The van der Waals surface area contributed by atoms with Gasteiger partial charge in [-0.2, -0.15) is 0 Å². The Kier molecular flexibility index (Phi) is 4.70. The molecule has 0 aromatic heterocycles. The van der Waals surface area contributed by atoms with Gasteiger partial charge < -0.3 is 5.11 Å². The number of carbonyl (C=O) groups is 1. The van der Waals surface area contributed by atoms with Gasteiger partial charge in [0.2, 0.25) is 0 Å².